The maximum absolute atomic E-state index is 10.5. The lowest BCUT2D eigenvalue weighted by Crippen LogP contribution is -2.35. The highest BCUT2D eigenvalue weighted by atomic mass is 16.6. The van der Waals surface area contributed by atoms with Gasteiger partial charge in [0.2, 0.25) is 13.0 Å². The Morgan fingerprint density at radius 2 is 2.00 bits per heavy atom. The first kappa shape index (κ1) is 15.1. The Morgan fingerprint density at radius 3 is 2.53 bits per heavy atom. The second-order valence-electron chi connectivity index (χ2n) is 4.37. The number of ether oxygens (including phenoxy) is 1. The van der Waals surface area contributed by atoms with Gasteiger partial charge in [0.05, 0.1) is 6.04 Å². The smallest absolute Gasteiger partial charge is 0.229 e. The molecule has 1 aromatic rings. The van der Waals surface area contributed by atoms with E-state index in [-0.39, 0.29) is 12.6 Å². The summed E-state index contributed by atoms with van der Waals surface area (Å²) in [5, 5.41) is 13.1. The second-order valence-corrected chi connectivity index (χ2v) is 4.37. The van der Waals surface area contributed by atoms with Gasteiger partial charge in [0.25, 0.3) is 0 Å². The summed E-state index contributed by atoms with van der Waals surface area (Å²) in [6.45, 7) is 3.18. The molecule has 6 heteroatoms. The Kier molecular flexibility index (Phi) is 5.95. The molecular weight excluding hydrogens is 248 g/mol. The highest BCUT2D eigenvalue weighted by molar-refractivity contribution is 5.47. The van der Waals surface area contributed by atoms with Crippen molar-refractivity contribution in [2.24, 2.45) is 0 Å². The zero-order valence-electron chi connectivity index (χ0n) is 11.0. The van der Waals surface area contributed by atoms with Crippen molar-refractivity contribution in [2.75, 3.05) is 6.54 Å². The highest BCUT2D eigenvalue weighted by Crippen LogP contribution is 2.22. The standard InChI is InChI=1S/C13H18N2O4/c1-10(8-15(17)18)19-13(11(2)14-9-16)12-6-4-3-5-7-12/h3-7,9-11,13H,8H2,1-2H3,(H,14,16)/t10-,11+,13-/m1/s1. The Hall–Kier alpha value is -1.95. The molecule has 0 saturated carbocycles. The molecule has 0 radical (unpaired) electrons. The van der Waals surface area contributed by atoms with Gasteiger partial charge in [0, 0.05) is 4.92 Å². The maximum Gasteiger partial charge on any atom is 0.229 e. The minimum atomic E-state index is -0.531. The lowest BCUT2D eigenvalue weighted by molar-refractivity contribution is -0.491. The lowest BCUT2D eigenvalue weighted by atomic mass is 10.0. The average molecular weight is 266 g/mol. The molecule has 0 fully saturated rings. The van der Waals surface area contributed by atoms with E-state index in [0.29, 0.717) is 6.41 Å². The van der Waals surface area contributed by atoms with Crippen LogP contribution < -0.4 is 5.32 Å². The molecule has 1 rings (SSSR count). The van der Waals surface area contributed by atoms with E-state index in [0.717, 1.165) is 5.56 Å². The van der Waals surface area contributed by atoms with Crippen LogP contribution in [-0.4, -0.2) is 30.0 Å². The molecule has 1 aromatic carbocycles. The van der Waals surface area contributed by atoms with Gasteiger partial charge in [-0.05, 0) is 19.4 Å². The van der Waals surface area contributed by atoms with Crippen LogP contribution in [0.15, 0.2) is 30.3 Å². The molecule has 3 atom stereocenters. The van der Waals surface area contributed by atoms with Crippen LogP contribution in [0.3, 0.4) is 0 Å². The van der Waals surface area contributed by atoms with E-state index in [4.69, 9.17) is 4.74 Å². The summed E-state index contributed by atoms with van der Waals surface area (Å²) in [6, 6.07) is 9.06. The number of rotatable bonds is 8. The van der Waals surface area contributed by atoms with Crippen molar-refractivity contribution in [2.45, 2.75) is 32.1 Å². The Labute approximate surface area is 111 Å². The highest BCUT2D eigenvalue weighted by Gasteiger charge is 2.23. The molecule has 6 nitrogen and oxygen atoms in total. The summed E-state index contributed by atoms with van der Waals surface area (Å²) in [5.41, 5.74) is 0.875. The van der Waals surface area contributed by atoms with E-state index >= 15 is 0 Å². The van der Waals surface area contributed by atoms with Crippen LogP contribution in [0.4, 0.5) is 0 Å². The minimum absolute atomic E-state index is 0.267. The molecule has 0 unspecified atom stereocenters. The molecule has 0 aliphatic carbocycles. The van der Waals surface area contributed by atoms with Crippen molar-refractivity contribution in [1.82, 2.24) is 5.32 Å². The molecule has 1 amide bonds. The average Bonchev–Trinajstić information content (AvgIpc) is 2.36. The molecule has 0 heterocycles. The van der Waals surface area contributed by atoms with Crippen LogP contribution in [0.1, 0.15) is 25.5 Å². The number of carbonyl (C=O) groups is 1. The largest absolute Gasteiger partial charge is 0.362 e. The molecular formula is C13H18N2O4. The van der Waals surface area contributed by atoms with Crippen molar-refractivity contribution < 1.29 is 14.5 Å². The molecule has 104 valence electrons. The van der Waals surface area contributed by atoms with Crippen molar-refractivity contribution >= 4 is 6.41 Å². The van der Waals surface area contributed by atoms with Crippen molar-refractivity contribution in [3.05, 3.63) is 46.0 Å². The van der Waals surface area contributed by atoms with Gasteiger partial charge in [-0.2, -0.15) is 0 Å². The summed E-state index contributed by atoms with van der Waals surface area (Å²) in [4.78, 5) is 20.6. The predicted molar refractivity (Wildman–Crippen MR) is 70.3 cm³/mol. The number of carbonyl (C=O) groups excluding carboxylic acids is 1. The molecule has 1 N–H and O–H groups in total. The predicted octanol–water partition coefficient (Wildman–Crippen LogP) is 1.54. The third-order valence-corrected chi connectivity index (χ3v) is 2.70. The summed E-state index contributed by atoms with van der Waals surface area (Å²) in [5.74, 6) is 0. The van der Waals surface area contributed by atoms with Crippen molar-refractivity contribution in [3.63, 3.8) is 0 Å². The van der Waals surface area contributed by atoms with Crippen LogP contribution in [0.25, 0.3) is 0 Å². The van der Waals surface area contributed by atoms with E-state index < -0.39 is 17.1 Å². The third-order valence-electron chi connectivity index (χ3n) is 2.70. The number of nitrogens with zero attached hydrogens (tertiary/aromatic N) is 1. The molecule has 0 spiro atoms. The Morgan fingerprint density at radius 1 is 1.37 bits per heavy atom. The monoisotopic (exact) mass is 266 g/mol. The van der Waals surface area contributed by atoms with Gasteiger partial charge in [-0.3, -0.25) is 14.9 Å². The van der Waals surface area contributed by atoms with Crippen LogP contribution in [-0.2, 0) is 9.53 Å². The van der Waals surface area contributed by atoms with Gasteiger partial charge in [-0.25, -0.2) is 0 Å². The Balaban J connectivity index is 2.81. The Bertz CT molecular complexity index is 410. The lowest BCUT2D eigenvalue weighted by Gasteiger charge is -2.26. The summed E-state index contributed by atoms with van der Waals surface area (Å²) in [6.07, 6.45) is -0.347. The van der Waals surface area contributed by atoms with Gasteiger partial charge in [0.1, 0.15) is 12.2 Å². The van der Waals surface area contributed by atoms with E-state index in [1.54, 1.807) is 13.8 Å². The molecule has 0 aliphatic rings. The number of hydrogen-bond donors (Lipinski definition) is 1. The summed E-state index contributed by atoms with van der Waals surface area (Å²) >= 11 is 0. The van der Waals surface area contributed by atoms with Gasteiger partial charge in [0.15, 0.2) is 0 Å². The number of amides is 1. The topological polar surface area (TPSA) is 81.5 Å². The third kappa shape index (κ3) is 5.05. The normalized spacial score (nSPS) is 15.3. The quantitative estimate of drug-likeness (QED) is 0.439. The van der Waals surface area contributed by atoms with Gasteiger partial charge in [-0.15, -0.1) is 0 Å². The summed E-state index contributed by atoms with van der Waals surface area (Å²) < 4.78 is 5.70. The first-order valence-electron chi connectivity index (χ1n) is 6.06. The zero-order valence-corrected chi connectivity index (χ0v) is 11.0. The SMILES string of the molecule is C[C@H](C[N+](=O)[O-])O[C@@H](c1ccccc1)[C@H](C)NC=O. The molecule has 0 aliphatic heterocycles. The van der Waals surface area contributed by atoms with Crippen molar-refractivity contribution in [1.29, 1.82) is 0 Å². The van der Waals surface area contributed by atoms with Crippen LogP contribution >= 0.6 is 0 Å². The molecule has 0 aromatic heterocycles. The number of hydrogen-bond acceptors (Lipinski definition) is 4. The molecule has 19 heavy (non-hydrogen) atoms. The summed E-state index contributed by atoms with van der Waals surface area (Å²) in [7, 11) is 0. The van der Waals surface area contributed by atoms with Crippen LogP contribution in [0.5, 0.6) is 0 Å². The maximum atomic E-state index is 10.5. The van der Waals surface area contributed by atoms with E-state index in [2.05, 4.69) is 5.32 Å². The van der Waals surface area contributed by atoms with Gasteiger partial charge < -0.3 is 10.1 Å². The van der Waals surface area contributed by atoms with E-state index in [9.17, 15) is 14.9 Å². The molecule has 0 saturated heterocycles. The van der Waals surface area contributed by atoms with Crippen molar-refractivity contribution in [3.8, 4) is 0 Å². The fourth-order valence-electron chi connectivity index (χ4n) is 1.83. The van der Waals surface area contributed by atoms with E-state index in [1.807, 2.05) is 30.3 Å². The first-order valence-corrected chi connectivity index (χ1v) is 6.06. The zero-order chi connectivity index (χ0) is 14.3. The number of nitro groups is 1. The van der Waals surface area contributed by atoms with E-state index in [1.165, 1.54) is 0 Å². The second kappa shape index (κ2) is 7.48. The minimum Gasteiger partial charge on any atom is -0.362 e. The van der Waals surface area contributed by atoms with Crippen LogP contribution in [0, 0.1) is 10.1 Å². The first-order chi connectivity index (χ1) is 9.04. The fraction of sp³-hybridized carbons (Fsp3) is 0.462. The van der Waals surface area contributed by atoms with Crippen LogP contribution in [0.2, 0.25) is 0 Å². The fourth-order valence-corrected chi connectivity index (χ4v) is 1.83. The molecule has 0 bridgehead atoms. The number of benzene rings is 1. The van der Waals surface area contributed by atoms with Gasteiger partial charge in [-0.1, -0.05) is 30.3 Å². The number of nitrogens with one attached hydrogen (secondary N) is 1. The van der Waals surface area contributed by atoms with Gasteiger partial charge >= 0.3 is 0 Å².